The van der Waals surface area contributed by atoms with E-state index in [1.165, 1.54) is 16.8 Å². The number of aryl methyl sites for hydroxylation is 1. The molecule has 1 aliphatic heterocycles. The van der Waals surface area contributed by atoms with Crippen LogP contribution in [0.1, 0.15) is 74.0 Å². The smallest absolute Gasteiger partial charge is 0.338 e. The van der Waals surface area contributed by atoms with Crippen LogP contribution in [0.4, 0.5) is 11.4 Å². The van der Waals surface area contributed by atoms with Gasteiger partial charge in [-0.1, -0.05) is 6.92 Å². The summed E-state index contributed by atoms with van der Waals surface area (Å²) in [7, 11) is 0. The van der Waals surface area contributed by atoms with E-state index in [9.17, 15) is 4.79 Å². The zero-order valence-corrected chi connectivity index (χ0v) is 18.5. The van der Waals surface area contributed by atoms with Crippen LogP contribution in [0, 0.1) is 6.92 Å². The van der Waals surface area contributed by atoms with E-state index in [-0.39, 0.29) is 11.5 Å². The molecule has 0 aliphatic carbocycles. The topological polar surface area (TPSA) is 41.9 Å². The van der Waals surface area contributed by atoms with Gasteiger partial charge in [0.1, 0.15) is 0 Å². The van der Waals surface area contributed by atoms with Gasteiger partial charge in [0.25, 0.3) is 0 Å². The molecule has 1 heterocycles. The summed E-state index contributed by atoms with van der Waals surface area (Å²) in [5.41, 5.74) is 6.65. The Kier molecular flexibility index (Phi) is 6.11. The number of carbonyl (C=O) groups excluding carboxylic acids is 1. The molecule has 0 saturated carbocycles. The van der Waals surface area contributed by atoms with Crippen LogP contribution in [0.5, 0.6) is 0 Å². The first-order valence-corrected chi connectivity index (χ1v) is 10.5. The summed E-state index contributed by atoms with van der Waals surface area (Å²) in [4.78, 5) is 18.9. The van der Waals surface area contributed by atoms with Crippen LogP contribution in [0.2, 0.25) is 0 Å². The predicted molar refractivity (Wildman–Crippen MR) is 121 cm³/mol. The molecule has 4 nitrogen and oxygen atoms in total. The molecule has 1 aliphatic rings. The van der Waals surface area contributed by atoms with Crippen molar-refractivity contribution in [2.75, 3.05) is 18.1 Å². The van der Waals surface area contributed by atoms with Crippen LogP contribution in [0.15, 0.2) is 41.4 Å². The Morgan fingerprint density at radius 1 is 1.24 bits per heavy atom. The van der Waals surface area contributed by atoms with Crippen molar-refractivity contribution in [1.29, 1.82) is 0 Å². The Morgan fingerprint density at radius 2 is 1.93 bits per heavy atom. The molecule has 2 aromatic carbocycles. The highest BCUT2D eigenvalue weighted by atomic mass is 16.5. The minimum Gasteiger partial charge on any atom is -0.462 e. The maximum absolute atomic E-state index is 11.8. The monoisotopic (exact) mass is 392 g/mol. The Labute approximate surface area is 174 Å². The number of benzene rings is 2. The Balaban J connectivity index is 1.87. The lowest BCUT2D eigenvalue weighted by atomic mass is 9.79. The molecule has 0 N–H and O–H groups in total. The van der Waals surface area contributed by atoms with Crippen LogP contribution < -0.4 is 4.90 Å². The van der Waals surface area contributed by atoms with E-state index < -0.39 is 0 Å². The summed E-state index contributed by atoms with van der Waals surface area (Å²) in [6, 6.07) is 11.8. The first-order chi connectivity index (χ1) is 13.8. The summed E-state index contributed by atoms with van der Waals surface area (Å²) >= 11 is 0. The fourth-order valence-corrected chi connectivity index (χ4v) is 4.43. The summed E-state index contributed by atoms with van der Waals surface area (Å²) < 4.78 is 5.03. The van der Waals surface area contributed by atoms with Gasteiger partial charge in [0.15, 0.2) is 0 Å². The number of carbonyl (C=O) groups is 1. The van der Waals surface area contributed by atoms with Crippen molar-refractivity contribution in [3.05, 3.63) is 58.7 Å². The van der Waals surface area contributed by atoms with E-state index in [0.717, 1.165) is 24.2 Å². The average Bonchev–Trinajstić information content (AvgIpc) is 2.67. The first-order valence-electron chi connectivity index (χ1n) is 10.5. The molecule has 154 valence electrons. The number of hydrogen-bond acceptors (Lipinski definition) is 4. The lowest BCUT2D eigenvalue weighted by molar-refractivity contribution is 0.0526. The largest absolute Gasteiger partial charge is 0.462 e. The quantitative estimate of drug-likeness (QED) is 0.460. The normalized spacial score (nSPS) is 18.0. The zero-order chi connectivity index (χ0) is 21.2. The zero-order valence-electron chi connectivity index (χ0n) is 18.5. The highest BCUT2D eigenvalue weighted by Crippen LogP contribution is 2.44. The van der Waals surface area contributed by atoms with Crippen molar-refractivity contribution in [2.24, 2.45) is 4.99 Å². The molecule has 0 fully saturated rings. The maximum atomic E-state index is 11.8. The van der Waals surface area contributed by atoms with Crippen LogP contribution in [-0.2, 0) is 4.74 Å². The highest BCUT2D eigenvalue weighted by molar-refractivity contribution is 5.90. The van der Waals surface area contributed by atoms with E-state index in [0.29, 0.717) is 18.1 Å². The van der Waals surface area contributed by atoms with E-state index in [1.54, 1.807) is 19.1 Å². The molecule has 0 bridgehead atoms. The third-order valence-corrected chi connectivity index (χ3v) is 5.82. The SMILES string of the molecule is CCOC(=O)c1ccc(N=Cc2cc3c(cc2C)N(CC)C(C)(C)CC3C)cc1. The lowest BCUT2D eigenvalue weighted by Gasteiger charge is -2.47. The number of esters is 1. The van der Waals surface area contributed by atoms with Gasteiger partial charge in [-0.25, -0.2) is 4.79 Å². The average molecular weight is 393 g/mol. The molecule has 3 rings (SSSR count). The van der Waals surface area contributed by atoms with Crippen molar-refractivity contribution < 1.29 is 9.53 Å². The molecule has 4 heteroatoms. The fourth-order valence-electron chi connectivity index (χ4n) is 4.43. The predicted octanol–water partition coefficient (Wildman–Crippen LogP) is 6.03. The molecule has 0 spiro atoms. The molecular formula is C25H32N2O2. The number of ether oxygens (including phenoxy) is 1. The molecule has 2 aromatic rings. The van der Waals surface area contributed by atoms with Gasteiger partial charge < -0.3 is 9.64 Å². The summed E-state index contributed by atoms with van der Waals surface area (Å²) in [6.07, 6.45) is 3.07. The second-order valence-corrected chi connectivity index (χ2v) is 8.46. The number of hydrogen-bond donors (Lipinski definition) is 0. The van der Waals surface area contributed by atoms with Crippen LogP contribution in [0.3, 0.4) is 0 Å². The molecule has 0 saturated heterocycles. The van der Waals surface area contributed by atoms with E-state index >= 15 is 0 Å². The van der Waals surface area contributed by atoms with Crippen molar-refractivity contribution in [2.45, 2.75) is 59.4 Å². The van der Waals surface area contributed by atoms with Crippen molar-refractivity contribution in [3.63, 3.8) is 0 Å². The number of nitrogens with zero attached hydrogens (tertiary/aromatic N) is 2. The van der Waals surface area contributed by atoms with Crippen LogP contribution >= 0.6 is 0 Å². The van der Waals surface area contributed by atoms with E-state index in [2.05, 4.69) is 56.6 Å². The van der Waals surface area contributed by atoms with E-state index in [4.69, 9.17) is 4.74 Å². The summed E-state index contributed by atoms with van der Waals surface area (Å²) in [6.45, 7) is 14.5. The second kappa shape index (κ2) is 8.40. The highest BCUT2D eigenvalue weighted by Gasteiger charge is 2.35. The van der Waals surface area contributed by atoms with E-state index in [1.807, 2.05) is 18.3 Å². The van der Waals surface area contributed by atoms with Crippen LogP contribution in [-0.4, -0.2) is 30.9 Å². The Morgan fingerprint density at radius 3 is 2.55 bits per heavy atom. The number of anilines is 1. The minimum absolute atomic E-state index is 0.171. The van der Waals surface area contributed by atoms with Crippen molar-refractivity contribution >= 4 is 23.6 Å². The van der Waals surface area contributed by atoms with Crippen molar-refractivity contribution in [3.8, 4) is 0 Å². The number of rotatable bonds is 5. The number of aliphatic imine (C=N–C) groups is 1. The molecule has 29 heavy (non-hydrogen) atoms. The molecule has 0 radical (unpaired) electrons. The Bertz CT molecular complexity index is 913. The van der Waals surface area contributed by atoms with Gasteiger partial charge in [0, 0.05) is 24.0 Å². The maximum Gasteiger partial charge on any atom is 0.338 e. The number of fused-ring (bicyclic) bond motifs is 1. The van der Waals surface area contributed by atoms with Gasteiger partial charge in [-0.2, -0.15) is 0 Å². The molecule has 0 aromatic heterocycles. The first kappa shape index (κ1) is 21.1. The van der Waals surface area contributed by atoms with Crippen molar-refractivity contribution in [1.82, 2.24) is 0 Å². The fraction of sp³-hybridized carbons (Fsp3) is 0.440. The summed E-state index contributed by atoms with van der Waals surface area (Å²) in [5.74, 6) is 0.213. The van der Waals surface area contributed by atoms with Crippen LogP contribution in [0.25, 0.3) is 0 Å². The van der Waals surface area contributed by atoms with Gasteiger partial charge in [0.2, 0.25) is 0 Å². The molecule has 1 atom stereocenters. The van der Waals surface area contributed by atoms with Gasteiger partial charge in [-0.3, -0.25) is 4.99 Å². The lowest BCUT2D eigenvalue weighted by Crippen LogP contribution is -2.48. The third kappa shape index (κ3) is 4.36. The van der Waals surface area contributed by atoms with Gasteiger partial charge in [-0.15, -0.1) is 0 Å². The third-order valence-electron chi connectivity index (χ3n) is 5.82. The standard InChI is InChI=1S/C25H32N2O2/c1-7-27-23-13-17(3)20(14-22(23)18(4)15-25(27,5)6)16-26-21-11-9-19(10-12-21)24(28)29-8-2/h9-14,16,18H,7-8,15H2,1-6H3. The molecule has 0 amide bonds. The Hall–Kier alpha value is -2.62. The van der Waals surface area contributed by atoms with Gasteiger partial charge in [0.05, 0.1) is 17.9 Å². The second-order valence-electron chi connectivity index (χ2n) is 8.46. The molecule has 1 unspecified atom stereocenters. The van der Waals surface area contributed by atoms with Gasteiger partial charge >= 0.3 is 5.97 Å². The summed E-state index contributed by atoms with van der Waals surface area (Å²) in [5, 5.41) is 0. The van der Waals surface area contributed by atoms with Gasteiger partial charge in [-0.05, 0) is 100 Å². The molecular weight excluding hydrogens is 360 g/mol. The minimum atomic E-state index is -0.300.